The van der Waals surface area contributed by atoms with Crippen LogP contribution in [0.5, 0.6) is 0 Å². The maximum atomic E-state index is 9.37. The third-order valence-corrected chi connectivity index (χ3v) is 2.40. The van der Waals surface area contributed by atoms with Gasteiger partial charge in [-0.1, -0.05) is 0 Å². The van der Waals surface area contributed by atoms with Gasteiger partial charge in [0.05, 0.1) is 0 Å². The van der Waals surface area contributed by atoms with Crippen LogP contribution in [0.4, 0.5) is 0 Å². The van der Waals surface area contributed by atoms with Gasteiger partial charge in [-0.15, -0.1) is 0 Å². The second-order valence-corrected chi connectivity index (χ2v) is 5.09. The molecule has 61 valence electrons. The molecule has 1 radical (unpaired) electrons. The molecule has 0 heterocycles. The van der Waals surface area contributed by atoms with Gasteiger partial charge in [-0.2, -0.15) is 16.8 Å². The molecule has 0 amide bonds. The van der Waals surface area contributed by atoms with Crippen molar-refractivity contribution in [2.45, 2.75) is 0 Å². The van der Waals surface area contributed by atoms with Gasteiger partial charge in [0, 0.05) is 22.4 Å². The van der Waals surface area contributed by atoms with E-state index < -0.39 is 18.3 Å². The van der Waals surface area contributed by atoms with Crippen molar-refractivity contribution in [3.8, 4) is 0 Å². The molecular formula is H2AgO6S2. The first-order valence-electron chi connectivity index (χ1n) is 1.20. The van der Waals surface area contributed by atoms with E-state index in [0.717, 1.165) is 0 Å². The molecule has 6 nitrogen and oxygen atoms in total. The summed E-state index contributed by atoms with van der Waals surface area (Å²) in [6.07, 6.45) is 0. The van der Waals surface area contributed by atoms with Crippen LogP contribution in [0, 0.1) is 0 Å². The molecule has 0 bridgehead atoms. The van der Waals surface area contributed by atoms with Gasteiger partial charge in [0.2, 0.25) is 0 Å². The zero-order valence-corrected chi connectivity index (χ0v) is 6.76. The van der Waals surface area contributed by atoms with Crippen molar-refractivity contribution >= 4 is 18.3 Å². The molecule has 2 N–H and O–H groups in total. The molecular weight excluding hydrogens is 268 g/mol. The quantitative estimate of drug-likeness (QED) is 0.347. The fourth-order valence-electron chi connectivity index (χ4n) is 0. The van der Waals surface area contributed by atoms with Crippen LogP contribution in [-0.2, 0) is 40.7 Å². The first kappa shape index (κ1) is 12.3. The minimum absolute atomic E-state index is 0. The van der Waals surface area contributed by atoms with E-state index in [1.807, 2.05) is 0 Å². The van der Waals surface area contributed by atoms with E-state index >= 15 is 0 Å². The van der Waals surface area contributed by atoms with Crippen LogP contribution in [0.15, 0.2) is 0 Å². The Morgan fingerprint density at radius 1 is 0.778 bits per heavy atom. The van der Waals surface area contributed by atoms with Crippen LogP contribution >= 0.6 is 0 Å². The predicted molar refractivity (Wildman–Crippen MR) is 23.1 cm³/mol. The third kappa shape index (κ3) is 4.03. The van der Waals surface area contributed by atoms with E-state index in [9.17, 15) is 16.8 Å². The maximum Gasteiger partial charge on any atom is 0.397 e. The summed E-state index contributed by atoms with van der Waals surface area (Å²) >= 11 is 0. The summed E-state index contributed by atoms with van der Waals surface area (Å²) in [6.45, 7) is 0. The normalized spacial score (nSPS) is 12.2. The summed E-state index contributed by atoms with van der Waals surface area (Å²) in [5, 5.41) is 0. The summed E-state index contributed by atoms with van der Waals surface area (Å²) in [7, 11) is -10.6. The van der Waals surface area contributed by atoms with Gasteiger partial charge >= 0.3 is 18.3 Å². The third-order valence-electron chi connectivity index (χ3n) is 0.266. The molecule has 0 aliphatic heterocycles. The summed E-state index contributed by atoms with van der Waals surface area (Å²) in [6, 6.07) is 0. The second kappa shape index (κ2) is 3.10. The van der Waals surface area contributed by atoms with Crippen molar-refractivity contribution in [3.05, 3.63) is 0 Å². The minimum Gasteiger partial charge on any atom is -0.272 e. The molecule has 0 spiro atoms. The van der Waals surface area contributed by atoms with Crippen molar-refractivity contribution in [2.75, 3.05) is 0 Å². The standard InChI is InChI=1S/Ag.H2O6S2/c;1-7(2,3)8(4,5)6/h;(H,1,2,3)(H,4,5,6). The molecule has 9 heavy (non-hydrogen) atoms. The number of rotatable bonds is 1. The Kier molecular flexibility index (Phi) is 4.22. The minimum atomic E-state index is -5.31. The van der Waals surface area contributed by atoms with Gasteiger partial charge in [0.25, 0.3) is 0 Å². The van der Waals surface area contributed by atoms with Gasteiger partial charge in [0.1, 0.15) is 0 Å². The molecule has 0 unspecified atom stereocenters. The van der Waals surface area contributed by atoms with Crippen molar-refractivity contribution in [3.63, 3.8) is 0 Å². The summed E-state index contributed by atoms with van der Waals surface area (Å²) in [4.78, 5) is 0. The Balaban J connectivity index is 0. The average molecular weight is 270 g/mol. The van der Waals surface area contributed by atoms with Gasteiger partial charge in [-0.05, 0) is 0 Å². The second-order valence-electron chi connectivity index (χ2n) is 0.855. The number of hydrogen-bond acceptors (Lipinski definition) is 4. The van der Waals surface area contributed by atoms with Crippen molar-refractivity contribution in [1.29, 1.82) is 0 Å². The Labute approximate surface area is 66.7 Å². The van der Waals surface area contributed by atoms with E-state index in [-0.39, 0.29) is 22.4 Å². The molecule has 0 saturated heterocycles. The predicted octanol–water partition coefficient (Wildman–Crippen LogP) is -1.33. The Morgan fingerprint density at radius 2 is 0.889 bits per heavy atom. The first-order valence-corrected chi connectivity index (χ1v) is 4.60. The largest absolute Gasteiger partial charge is 0.397 e. The van der Waals surface area contributed by atoms with Gasteiger partial charge in [0.15, 0.2) is 0 Å². The van der Waals surface area contributed by atoms with E-state index in [4.69, 9.17) is 9.11 Å². The van der Waals surface area contributed by atoms with Crippen molar-refractivity contribution in [2.24, 2.45) is 0 Å². The molecule has 0 saturated carbocycles. The molecule has 0 aliphatic carbocycles. The van der Waals surface area contributed by atoms with Crippen LogP contribution in [-0.4, -0.2) is 25.9 Å². The topological polar surface area (TPSA) is 109 Å². The van der Waals surface area contributed by atoms with Crippen molar-refractivity contribution in [1.82, 2.24) is 0 Å². The average Bonchev–Trinajstić information content (AvgIpc) is 1.25. The van der Waals surface area contributed by atoms with Crippen LogP contribution in [0.25, 0.3) is 0 Å². The summed E-state index contributed by atoms with van der Waals surface area (Å²) < 4.78 is 52.5. The SMILES string of the molecule is O=S(=O)(O)S(=O)(=O)O.[Ag]. The van der Waals surface area contributed by atoms with E-state index in [0.29, 0.717) is 0 Å². The summed E-state index contributed by atoms with van der Waals surface area (Å²) in [5.74, 6) is 0. The van der Waals surface area contributed by atoms with E-state index in [2.05, 4.69) is 0 Å². The Morgan fingerprint density at radius 3 is 0.889 bits per heavy atom. The Hall–Kier alpha value is 0.560. The van der Waals surface area contributed by atoms with E-state index in [1.54, 1.807) is 0 Å². The monoisotopic (exact) mass is 269 g/mol. The van der Waals surface area contributed by atoms with Crippen LogP contribution in [0.2, 0.25) is 0 Å². The zero-order valence-electron chi connectivity index (χ0n) is 3.65. The van der Waals surface area contributed by atoms with Crippen LogP contribution < -0.4 is 0 Å². The molecule has 0 rings (SSSR count). The maximum absolute atomic E-state index is 9.37. The smallest absolute Gasteiger partial charge is 0.272 e. The molecule has 9 heteroatoms. The fourth-order valence-corrected chi connectivity index (χ4v) is 0. The molecule has 0 aliphatic rings. The Bertz CT molecular complexity index is 223. The molecule has 0 atom stereocenters. The van der Waals surface area contributed by atoms with E-state index in [1.165, 1.54) is 0 Å². The molecule has 0 aromatic carbocycles. The molecule has 0 aromatic heterocycles. The molecule has 0 fully saturated rings. The molecule has 0 aromatic rings. The van der Waals surface area contributed by atoms with Gasteiger partial charge in [-0.3, -0.25) is 9.11 Å². The van der Waals surface area contributed by atoms with Crippen LogP contribution in [0.1, 0.15) is 0 Å². The summed E-state index contributed by atoms with van der Waals surface area (Å²) in [5.41, 5.74) is 0. The first-order chi connectivity index (χ1) is 3.25. The van der Waals surface area contributed by atoms with Crippen LogP contribution in [0.3, 0.4) is 0 Å². The zero-order chi connectivity index (χ0) is 7.00. The van der Waals surface area contributed by atoms with Crippen molar-refractivity contribution < 1.29 is 48.3 Å². The number of hydrogen-bond donors (Lipinski definition) is 2. The van der Waals surface area contributed by atoms with Gasteiger partial charge < -0.3 is 0 Å². The fraction of sp³-hybridized carbons (Fsp3) is 0. The van der Waals surface area contributed by atoms with Gasteiger partial charge in [-0.25, -0.2) is 0 Å².